The van der Waals surface area contributed by atoms with E-state index in [4.69, 9.17) is 0 Å². The van der Waals surface area contributed by atoms with E-state index in [0.717, 1.165) is 22.5 Å². The van der Waals surface area contributed by atoms with Crippen molar-refractivity contribution in [2.24, 2.45) is 0 Å². The van der Waals surface area contributed by atoms with Crippen LogP contribution in [0.2, 0.25) is 0 Å². The van der Waals surface area contributed by atoms with Gasteiger partial charge in [-0.25, -0.2) is 4.68 Å². The maximum atomic E-state index is 9.34. The predicted octanol–water partition coefficient (Wildman–Crippen LogP) is 2.43. The van der Waals surface area contributed by atoms with Crippen molar-refractivity contribution < 1.29 is 5.11 Å². The van der Waals surface area contributed by atoms with E-state index in [1.807, 2.05) is 60.8 Å². The number of aromatic nitrogens is 3. The summed E-state index contributed by atoms with van der Waals surface area (Å²) < 4.78 is 1.69. The van der Waals surface area contributed by atoms with Gasteiger partial charge in [0.15, 0.2) is 0 Å². The maximum absolute atomic E-state index is 9.34. The molecule has 0 unspecified atom stereocenters. The van der Waals surface area contributed by atoms with Gasteiger partial charge in [-0.05, 0) is 6.07 Å². The first-order valence-electron chi connectivity index (χ1n) is 6.05. The molecule has 4 heteroatoms. The third-order valence-electron chi connectivity index (χ3n) is 2.97. The molecule has 1 heterocycles. The predicted molar refractivity (Wildman–Crippen MR) is 72.7 cm³/mol. The molecule has 0 atom stereocenters. The van der Waals surface area contributed by atoms with Gasteiger partial charge in [-0.2, -0.15) is 0 Å². The van der Waals surface area contributed by atoms with Gasteiger partial charge in [-0.1, -0.05) is 53.7 Å². The minimum Gasteiger partial charge on any atom is -0.392 e. The lowest BCUT2D eigenvalue weighted by Crippen LogP contribution is -2.00. The van der Waals surface area contributed by atoms with Crippen LogP contribution in [-0.2, 0) is 6.61 Å². The summed E-state index contributed by atoms with van der Waals surface area (Å²) in [5, 5.41) is 17.6. The first-order valence-corrected chi connectivity index (χ1v) is 6.05. The van der Waals surface area contributed by atoms with E-state index >= 15 is 0 Å². The third-order valence-corrected chi connectivity index (χ3v) is 2.97. The van der Waals surface area contributed by atoms with E-state index in [1.54, 1.807) is 4.68 Å². The summed E-state index contributed by atoms with van der Waals surface area (Å²) in [4.78, 5) is 0. The molecule has 1 N–H and O–H groups in total. The van der Waals surface area contributed by atoms with E-state index < -0.39 is 0 Å². The lowest BCUT2D eigenvalue weighted by Gasteiger charge is -2.05. The molecule has 2 aromatic carbocycles. The smallest absolute Gasteiger partial charge is 0.113 e. The lowest BCUT2D eigenvalue weighted by molar-refractivity contribution is 0.281. The Hall–Kier alpha value is -2.46. The van der Waals surface area contributed by atoms with E-state index in [1.165, 1.54) is 0 Å². The molecule has 0 aliphatic carbocycles. The van der Waals surface area contributed by atoms with E-state index in [0.29, 0.717) is 0 Å². The van der Waals surface area contributed by atoms with Crippen molar-refractivity contribution in [3.63, 3.8) is 0 Å². The molecule has 0 aliphatic rings. The fourth-order valence-corrected chi connectivity index (χ4v) is 1.99. The Kier molecular flexibility index (Phi) is 3.08. The Morgan fingerprint density at radius 3 is 2.47 bits per heavy atom. The van der Waals surface area contributed by atoms with Crippen LogP contribution in [0.3, 0.4) is 0 Å². The third kappa shape index (κ3) is 2.26. The minimum atomic E-state index is -0.0172. The molecule has 3 rings (SSSR count). The quantitative estimate of drug-likeness (QED) is 0.777. The Bertz CT molecular complexity index is 677. The monoisotopic (exact) mass is 251 g/mol. The molecule has 0 fully saturated rings. The van der Waals surface area contributed by atoms with Crippen molar-refractivity contribution in [2.45, 2.75) is 6.61 Å². The molecule has 1 aromatic heterocycles. The van der Waals surface area contributed by atoms with Gasteiger partial charge in [0, 0.05) is 11.1 Å². The van der Waals surface area contributed by atoms with Gasteiger partial charge in [0.2, 0.25) is 0 Å². The Morgan fingerprint density at radius 2 is 1.68 bits per heavy atom. The first-order chi connectivity index (χ1) is 9.38. The molecule has 0 spiro atoms. The van der Waals surface area contributed by atoms with Crippen molar-refractivity contribution in [3.8, 4) is 16.9 Å². The molecule has 19 heavy (non-hydrogen) atoms. The maximum Gasteiger partial charge on any atom is 0.113 e. The molecule has 0 saturated carbocycles. The zero-order valence-electron chi connectivity index (χ0n) is 10.3. The summed E-state index contributed by atoms with van der Waals surface area (Å²) in [5.74, 6) is 0. The van der Waals surface area contributed by atoms with Crippen molar-refractivity contribution >= 4 is 0 Å². The fourth-order valence-electron chi connectivity index (χ4n) is 1.99. The first kappa shape index (κ1) is 11.6. The van der Waals surface area contributed by atoms with Crippen LogP contribution < -0.4 is 0 Å². The van der Waals surface area contributed by atoms with E-state index in [9.17, 15) is 5.11 Å². The number of benzene rings is 2. The summed E-state index contributed by atoms with van der Waals surface area (Å²) in [7, 11) is 0. The van der Waals surface area contributed by atoms with Gasteiger partial charge in [-0.3, -0.25) is 0 Å². The van der Waals surface area contributed by atoms with Crippen LogP contribution in [0.4, 0.5) is 0 Å². The molecule has 4 nitrogen and oxygen atoms in total. The molecule has 94 valence electrons. The number of hydrogen-bond acceptors (Lipinski definition) is 3. The molecule has 3 aromatic rings. The second-order valence-corrected chi connectivity index (χ2v) is 4.20. The number of rotatable bonds is 3. The summed E-state index contributed by atoms with van der Waals surface area (Å²) >= 11 is 0. The zero-order chi connectivity index (χ0) is 13.1. The topological polar surface area (TPSA) is 50.9 Å². The van der Waals surface area contributed by atoms with Gasteiger partial charge in [-0.15, -0.1) is 5.10 Å². The second-order valence-electron chi connectivity index (χ2n) is 4.20. The summed E-state index contributed by atoms with van der Waals surface area (Å²) in [6.45, 7) is -0.0172. The Balaban J connectivity index is 2.02. The van der Waals surface area contributed by atoms with Crippen LogP contribution in [0.25, 0.3) is 16.9 Å². The van der Waals surface area contributed by atoms with Gasteiger partial charge < -0.3 is 5.11 Å². The molecular weight excluding hydrogens is 238 g/mol. The van der Waals surface area contributed by atoms with Crippen LogP contribution >= 0.6 is 0 Å². The molecule has 0 amide bonds. The average Bonchev–Trinajstić information content (AvgIpc) is 2.98. The number of nitrogens with zero attached hydrogens (tertiary/aromatic N) is 3. The zero-order valence-corrected chi connectivity index (χ0v) is 10.3. The van der Waals surface area contributed by atoms with E-state index in [-0.39, 0.29) is 6.61 Å². The SMILES string of the molecule is OCc1ccccc1-n1cc(-c2ccccc2)nn1. The van der Waals surface area contributed by atoms with E-state index in [2.05, 4.69) is 10.3 Å². The van der Waals surface area contributed by atoms with Crippen molar-refractivity contribution in [2.75, 3.05) is 0 Å². The Morgan fingerprint density at radius 1 is 0.947 bits per heavy atom. The number of aliphatic hydroxyl groups excluding tert-OH is 1. The van der Waals surface area contributed by atoms with Crippen LogP contribution in [0, 0.1) is 0 Å². The largest absolute Gasteiger partial charge is 0.392 e. The highest BCUT2D eigenvalue weighted by atomic mass is 16.3. The van der Waals surface area contributed by atoms with Gasteiger partial charge in [0.25, 0.3) is 0 Å². The molecule has 0 aliphatic heterocycles. The Labute approximate surface area is 111 Å². The van der Waals surface area contributed by atoms with Gasteiger partial charge in [0.05, 0.1) is 18.5 Å². The summed E-state index contributed by atoms with van der Waals surface area (Å²) in [5.41, 5.74) is 3.51. The highest BCUT2D eigenvalue weighted by Crippen LogP contribution is 2.19. The highest BCUT2D eigenvalue weighted by molar-refractivity contribution is 5.58. The number of hydrogen-bond donors (Lipinski definition) is 1. The standard InChI is InChI=1S/C15H13N3O/c19-11-13-8-4-5-9-15(13)18-10-14(16-17-18)12-6-2-1-3-7-12/h1-10,19H,11H2. The average molecular weight is 251 g/mol. The van der Waals surface area contributed by atoms with Crippen LogP contribution in [0.1, 0.15) is 5.56 Å². The van der Waals surface area contributed by atoms with Crippen LogP contribution in [0.5, 0.6) is 0 Å². The van der Waals surface area contributed by atoms with Crippen LogP contribution in [-0.4, -0.2) is 20.1 Å². The molecular formula is C15H13N3O. The van der Waals surface area contributed by atoms with Gasteiger partial charge in [0.1, 0.15) is 5.69 Å². The number of aliphatic hydroxyl groups is 1. The van der Waals surface area contributed by atoms with Crippen molar-refractivity contribution in [1.82, 2.24) is 15.0 Å². The van der Waals surface area contributed by atoms with Crippen molar-refractivity contribution in [3.05, 3.63) is 66.4 Å². The van der Waals surface area contributed by atoms with Crippen molar-refractivity contribution in [1.29, 1.82) is 0 Å². The van der Waals surface area contributed by atoms with Gasteiger partial charge >= 0.3 is 0 Å². The fraction of sp³-hybridized carbons (Fsp3) is 0.0667. The number of para-hydroxylation sites is 1. The normalized spacial score (nSPS) is 10.6. The molecule has 0 bridgehead atoms. The molecule has 0 saturated heterocycles. The summed E-state index contributed by atoms with van der Waals surface area (Å²) in [6, 6.07) is 17.5. The summed E-state index contributed by atoms with van der Waals surface area (Å²) in [6.07, 6.45) is 1.86. The lowest BCUT2D eigenvalue weighted by atomic mass is 10.1. The van der Waals surface area contributed by atoms with Crippen LogP contribution in [0.15, 0.2) is 60.8 Å². The highest BCUT2D eigenvalue weighted by Gasteiger charge is 2.07. The minimum absolute atomic E-state index is 0.0172. The second kappa shape index (κ2) is 5.04. The molecule has 0 radical (unpaired) electrons.